The van der Waals surface area contributed by atoms with Crippen LogP contribution in [0.4, 0.5) is 4.39 Å². The molecule has 2 aromatic rings. The Kier molecular flexibility index (Phi) is 3.84. The first-order valence-corrected chi connectivity index (χ1v) is 5.90. The van der Waals surface area contributed by atoms with E-state index in [4.69, 9.17) is 0 Å². The van der Waals surface area contributed by atoms with Crippen molar-refractivity contribution in [3.63, 3.8) is 0 Å². The van der Waals surface area contributed by atoms with E-state index in [-0.39, 0.29) is 17.9 Å². The molecule has 0 aliphatic heterocycles. The van der Waals surface area contributed by atoms with E-state index in [2.05, 4.69) is 5.32 Å². The van der Waals surface area contributed by atoms with Crippen molar-refractivity contribution in [3.8, 4) is 5.75 Å². The number of aromatic nitrogens is 1. The molecule has 1 aromatic heterocycles. The minimum atomic E-state index is -0.639. The highest BCUT2D eigenvalue weighted by atomic mass is 19.1. The summed E-state index contributed by atoms with van der Waals surface area (Å²) in [6, 6.07) is 7.02. The summed E-state index contributed by atoms with van der Waals surface area (Å²) in [6.07, 6.45) is 1.40. The molecule has 0 bridgehead atoms. The second kappa shape index (κ2) is 5.56. The van der Waals surface area contributed by atoms with Gasteiger partial charge >= 0.3 is 0 Å². The van der Waals surface area contributed by atoms with Crippen LogP contribution in [0.3, 0.4) is 0 Å². The van der Waals surface area contributed by atoms with Crippen LogP contribution in [0.15, 0.2) is 41.3 Å². The Labute approximate surface area is 114 Å². The van der Waals surface area contributed by atoms with E-state index >= 15 is 0 Å². The van der Waals surface area contributed by atoms with E-state index in [1.54, 1.807) is 12.1 Å². The molecule has 20 heavy (non-hydrogen) atoms. The molecular formula is C14H13FN2O3. The van der Waals surface area contributed by atoms with E-state index in [0.29, 0.717) is 5.56 Å². The molecule has 0 spiro atoms. The number of hydrogen-bond acceptors (Lipinski definition) is 3. The number of carbonyl (C=O) groups excluding carboxylic acids is 1. The SMILES string of the molecule is Cn1ccc(C(=O)NCc2ccc(F)cc2)c(O)c1=O. The smallest absolute Gasteiger partial charge is 0.293 e. The van der Waals surface area contributed by atoms with Crippen LogP contribution in [0.5, 0.6) is 5.75 Å². The van der Waals surface area contributed by atoms with Crippen molar-refractivity contribution in [2.24, 2.45) is 7.05 Å². The molecule has 0 aliphatic rings. The van der Waals surface area contributed by atoms with Gasteiger partial charge in [0.2, 0.25) is 0 Å². The van der Waals surface area contributed by atoms with Gasteiger partial charge in [-0.3, -0.25) is 9.59 Å². The largest absolute Gasteiger partial charge is 0.502 e. The maximum atomic E-state index is 12.7. The first kappa shape index (κ1) is 13.8. The number of rotatable bonds is 3. The number of pyridine rings is 1. The average molecular weight is 276 g/mol. The molecule has 1 heterocycles. The number of amides is 1. The fraction of sp³-hybridized carbons (Fsp3) is 0.143. The van der Waals surface area contributed by atoms with Crippen molar-refractivity contribution in [1.82, 2.24) is 9.88 Å². The van der Waals surface area contributed by atoms with Crippen LogP contribution in [0.25, 0.3) is 0 Å². The summed E-state index contributed by atoms with van der Waals surface area (Å²) in [7, 11) is 1.47. The minimum Gasteiger partial charge on any atom is -0.502 e. The summed E-state index contributed by atoms with van der Waals surface area (Å²) in [5.74, 6) is -1.51. The highest BCUT2D eigenvalue weighted by molar-refractivity contribution is 5.96. The molecule has 0 aliphatic carbocycles. The Morgan fingerprint density at radius 3 is 2.60 bits per heavy atom. The normalized spacial score (nSPS) is 10.3. The molecule has 0 fully saturated rings. The summed E-state index contributed by atoms with van der Waals surface area (Å²) in [6.45, 7) is 0.174. The Balaban J connectivity index is 2.11. The van der Waals surface area contributed by atoms with E-state index in [1.165, 1.54) is 36.0 Å². The van der Waals surface area contributed by atoms with Gasteiger partial charge in [0.1, 0.15) is 5.82 Å². The molecule has 1 amide bonds. The van der Waals surface area contributed by atoms with Gasteiger partial charge in [-0.25, -0.2) is 4.39 Å². The average Bonchev–Trinajstić information content (AvgIpc) is 2.44. The van der Waals surface area contributed by atoms with Crippen LogP contribution < -0.4 is 10.9 Å². The number of nitrogens with one attached hydrogen (secondary N) is 1. The predicted molar refractivity (Wildman–Crippen MR) is 70.9 cm³/mol. The van der Waals surface area contributed by atoms with Crippen LogP contribution in [0.1, 0.15) is 15.9 Å². The van der Waals surface area contributed by atoms with Gasteiger partial charge in [-0.2, -0.15) is 0 Å². The van der Waals surface area contributed by atoms with Crippen molar-refractivity contribution >= 4 is 5.91 Å². The Morgan fingerprint density at radius 2 is 1.95 bits per heavy atom. The van der Waals surface area contributed by atoms with Gasteiger partial charge in [0.25, 0.3) is 11.5 Å². The molecule has 0 radical (unpaired) electrons. The summed E-state index contributed by atoms with van der Waals surface area (Å²) < 4.78 is 13.9. The number of aromatic hydroxyl groups is 1. The lowest BCUT2D eigenvalue weighted by Crippen LogP contribution is -2.26. The van der Waals surface area contributed by atoms with Gasteiger partial charge < -0.3 is 15.0 Å². The monoisotopic (exact) mass is 276 g/mol. The third-order valence-corrected chi connectivity index (χ3v) is 2.85. The Morgan fingerprint density at radius 1 is 1.30 bits per heavy atom. The van der Waals surface area contributed by atoms with Crippen molar-refractivity contribution in [2.75, 3.05) is 0 Å². The first-order valence-electron chi connectivity index (χ1n) is 5.90. The lowest BCUT2D eigenvalue weighted by molar-refractivity contribution is 0.0947. The van der Waals surface area contributed by atoms with Crippen molar-refractivity contribution in [3.05, 3.63) is 63.8 Å². The van der Waals surface area contributed by atoms with Crippen LogP contribution in [-0.4, -0.2) is 15.6 Å². The standard InChI is InChI=1S/C14H13FN2O3/c1-17-7-6-11(12(18)14(17)20)13(19)16-8-9-2-4-10(15)5-3-9/h2-7,18H,8H2,1H3,(H,16,19). The van der Waals surface area contributed by atoms with E-state index in [9.17, 15) is 19.1 Å². The zero-order chi connectivity index (χ0) is 14.7. The van der Waals surface area contributed by atoms with Crippen molar-refractivity contribution < 1.29 is 14.3 Å². The van der Waals surface area contributed by atoms with Crippen molar-refractivity contribution in [2.45, 2.75) is 6.54 Å². The molecule has 0 unspecified atom stereocenters. The van der Waals surface area contributed by atoms with E-state index in [1.807, 2.05) is 0 Å². The first-order chi connectivity index (χ1) is 9.49. The molecular weight excluding hydrogens is 263 g/mol. The lowest BCUT2D eigenvalue weighted by atomic mass is 10.2. The van der Waals surface area contributed by atoms with E-state index < -0.39 is 17.2 Å². The topological polar surface area (TPSA) is 71.3 Å². The van der Waals surface area contributed by atoms with E-state index in [0.717, 1.165) is 0 Å². The highest BCUT2D eigenvalue weighted by Crippen LogP contribution is 2.10. The van der Waals surface area contributed by atoms with Crippen molar-refractivity contribution in [1.29, 1.82) is 0 Å². The molecule has 5 nitrogen and oxygen atoms in total. The second-order valence-electron chi connectivity index (χ2n) is 4.30. The third-order valence-electron chi connectivity index (χ3n) is 2.85. The predicted octanol–water partition coefficient (Wildman–Crippen LogP) is 1.16. The summed E-state index contributed by atoms with van der Waals surface area (Å²) >= 11 is 0. The highest BCUT2D eigenvalue weighted by Gasteiger charge is 2.14. The number of carbonyl (C=O) groups is 1. The van der Waals surface area contributed by atoms with Gasteiger partial charge in [-0.05, 0) is 23.8 Å². The number of hydrogen-bond donors (Lipinski definition) is 2. The zero-order valence-corrected chi connectivity index (χ0v) is 10.8. The van der Waals surface area contributed by atoms with Crippen LogP contribution >= 0.6 is 0 Å². The molecule has 104 valence electrons. The Bertz CT molecular complexity index is 693. The molecule has 0 saturated carbocycles. The van der Waals surface area contributed by atoms with Gasteiger partial charge in [0.15, 0.2) is 5.75 Å². The maximum Gasteiger partial charge on any atom is 0.293 e. The molecule has 6 heteroatoms. The van der Waals surface area contributed by atoms with Gasteiger partial charge in [0.05, 0.1) is 5.56 Å². The fourth-order valence-electron chi connectivity index (χ4n) is 1.68. The number of aryl methyl sites for hydroxylation is 1. The van der Waals surface area contributed by atoms with Gasteiger partial charge in [-0.1, -0.05) is 12.1 Å². The number of nitrogens with zero attached hydrogens (tertiary/aromatic N) is 1. The number of benzene rings is 1. The minimum absolute atomic E-state index is 0.0878. The summed E-state index contributed by atoms with van der Waals surface area (Å²) in [5, 5.41) is 12.2. The quantitative estimate of drug-likeness (QED) is 0.883. The maximum absolute atomic E-state index is 12.7. The third kappa shape index (κ3) is 2.85. The molecule has 1 aromatic carbocycles. The second-order valence-corrected chi connectivity index (χ2v) is 4.30. The fourth-order valence-corrected chi connectivity index (χ4v) is 1.68. The molecule has 2 rings (SSSR count). The molecule has 2 N–H and O–H groups in total. The Hall–Kier alpha value is -2.63. The molecule has 0 saturated heterocycles. The summed E-state index contributed by atoms with van der Waals surface area (Å²) in [4.78, 5) is 23.4. The van der Waals surface area contributed by atoms with Gasteiger partial charge in [0, 0.05) is 19.8 Å². The summed E-state index contributed by atoms with van der Waals surface area (Å²) in [5.41, 5.74) is -0.0160. The molecule has 0 atom stereocenters. The van der Waals surface area contributed by atoms with Crippen LogP contribution in [0.2, 0.25) is 0 Å². The van der Waals surface area contributed by atoms with Crippen LogP contribution in [0, 0.1) is 5.82 Å². The number of halogens is 1. The van der Waals surface area contributed by atoms with Crippen LogP contribution in [-0.2, 0) is 13.6 Å². The van der Waals surface area contributed by atoms with Gasteiger partial charge in [-0.15, -0.1) is 0 Å². The zero-order valence-electron chi connectivity index (χ0n) is 10.8. The lowest BCUT2D eigenvalue weighted by Gasteiger charge is -2.07.